The normalized spacial score (nSPS) is 15.1. The van der Waals surface area contributed by atoms with Gasteiger partial charge in [0.25, 0.3) is 0 Å². The molecule has 154 valence electrons. The van der Waals surface area contributed by atoms with E-state index >= 15 is 0 Å². The van der Waals surface area contributed by atoms with Crippen LogP contribution in [0.2, 0.25) is 0 Å². The molecule has 0 spiro atoms. The molecule has 0 radical (unpaired) electrons. The summed E-state index contributed by atoms with van der Waals surface area (Å²) in [7, 11) is 0. The van der Waals surface area contributed by atoms with Gasteiger partial charge in [-0.15, -0.1) is 0 Å². The standard InChI is InChI=1S/C15H26N4O8/c1-8(16)12(23)18-9(13(24)25)5-6-10(20)19-15(17,14(26)27)7-3-2-4-11(21)22/h8-9H,2-7,16-17H2,1H3,(H,18,23)(H,19,20)(H,21,22)(H,24,25)(H,26,27)/t8-,9+,15?/m0/s1. The molecule has 0 aliphatic rings. The van der Waals surface area contributed by atoms with Gasteiger partial charge in [0, 0.05) is 12.8 Å². The van der Waals surface area contributed by atoms with Crippen molar-refractivity contribution in [2.45, 2.75) is 63.2 Å². The van der Waals surface area contributed by atoms with Crippen LogP contribution in [0, 0.1) is 0 Å². The van der Waals surface area contributed by atoms with Crippen molar-refractivity contribution in [1.82, 2.24) is 10.6 Å². The Hall–Kier alpha value is -2.73. The molecule has 0 saturated carbocycles. The second kappa shape index (κ2) is 11.1. The van der Waals surface area contributed by atoms with Crippen LogP contribution < -0.4 is 22.1 Å². The van der Waals surface area contributed by atoms with Crippen molar-refractivity contribution in [2.24, 2.45) is 11.5 Å². The molecule has 0 fully saturated rings. The van der Waals surface area contributed by atoms with Gasteiger partial charge in [-0.2, -0.15) is 0 Å². The van der Waals surface area contributed by atoms with Crippen molar-refractivity contribution >= 4 is 29.7 Å². The van der Waals surface area contributed by atoms with E-state index in [4.69, 9.17) is 21.7 Å². The van der Waals surface area contributed by atoms with Crippen molar-refractivity contribution in [3.8, 4) is 0 Å². The van der Waals surface area contributed by atoms with Gasteiger partial charge in [0.05, 0.1) is 6.04 Å². The Bertz CT molecular complexity index is 580. The van der Waals surface area contributed by atoms with Crippen LogP contribution in [0.1, 0.15) is 45.4 Å². The molecule has 0 bridgehead atoms. The Morgan fingerprint density at radius 3 is 2.07 bits per heavy atom. The number of carbonyl (C=O) groups is 5. The van der Waals surface area contributed by atoms with Crippen LogP contribution in [-0.4, -0.2) is 62.8 Å². The molecule has 0 aliphatic heterocycles. The highest BCUT2D eigenvalue weighted by atomic mass is 16.4. The zero-order valence-corrected chi connectivity index (χ0v) is 14.9. The number of unbranched alkanes of at least 4 members (excludes halogenated alkanes) is 1. The Kier molecular flexibility index (Phi) is 9.96. The minimum absolute atomic E-state index is 0.150. The maximum Gasteiger partial charge on any atom is 0.344 e. The summed E-state index contributed by atoms with van der Waals surface area (Å²) >= 11 is 0. The predicted octanol–water partition coefficient (Wildman–Crippen LogP) is -1.82. The van der Waals surface area contributed by atoms with Crippen LogP contribution in [-0.2, 0) is 24.0 Å². The second-order valence-corrected chi connectivity index (χ2v) is 6.15. The van der Waals surface area contributed by atoms with Gasteiger partial charge in [0.15, 0.2) is 5.66 Å². The molecular formula is C15H26N4O8. The van der Waals surface area contributed by atoms with E-state index < -0.39 is 53.9 Å². The number of carboxylic acids is 3. The Morgan fingerprint density at radius 1 is 1.04 bits per heavy atom. The number of nitrogens with two attached hydrogens (primary N) is 2. The van der Waals surface area contributed by atoms with E-state index in [9.17, 15) is 29.1 Å². The van der Waals surface area contributed by atoms with Crippen molar-refractivity contribution < 1.29 is 39.3 Å². The third-order valence-electron chi connectivity index (χ3n) is 3.64. The van der Waals surface area contributed by atoms with Gasteiger partial charge < -0.3 is 31.7 Å². The smallest absolute Gasteiger partial charge is 0.344 e. The molecule has 0 rings (SSSR count). The van der Waals surface area contributed by atoms with Crippen LogP contribution in [0.4, 0.5) is 0 Å². The molecule has 12 heteroatoms. The topological polar surface area (TPSA) is 222 Å². The highest BCUT2D eigenvalue weighted by Crippen LogP contribution is 2.12. The Labute approximate surface area is 155 Å². The molecule has 0 aromatic rings. The van der Waals surface area contributed by atoms with E-state index in [0.29, 0.717) is 0 Å². The summed E-state index contributed by atoms with van der Waals surface area (Å²) < 4.78 is 0. The summed E-state index contributed by atoms with van der Waals surface area (Å²) in [5.41, 5.74) is 8.89. The number of nitrogens with one attached hydrogen (secondary N) is 2. The van der Waals surface area contributed by atoms with Gasteiger partial charge >= 0.3 is 17.9 Å². The monoisotopic (exact) mass is 390 g/mol. The van der Waals surface area contributed by atoms with Crippen molar-refractivity contribution in [1.29, 1.82) is 0 Å². The average Bonchev–Trinajstić information content (AvgIpc) is 2.54. The van der Waals surface area contributed by atoms with E-state index in [2.05, 4.69) is 10.6 Å². The molecule has 0 aromatic heterocycles. The molecule has 0 saturated heterocycles. The lowest BCUT2D eigenvalue weighted by Crippen LogP contribution is -2.61. The Morgan fingerprint density at radius 2 is 1.63 bits per heavy atom. The molecule has 12 nitrogen and oxygen atoms in total. The summed E-state index contributed by atoms with van der Waals surface area (Å²) in [6.45, 7) is 1.36. The number of aliphatic carboxylic acids is 3. The molecule has 27 heavy (non-hydrogen) atoms. The summed E-state index contributed by atoms with van der Waals surface area (Å²) in [5.74, 6) is -5.45. The fourth-order valence-electron chi connectivity index (χ4n) is 2.05. The van der Waals surface area contributed by atoms with E-state index in [-0.39, 0.29) is 32.1 Å². The minimum atomic E-state index is -2.11. The molecule has 0 aliphatic carbocycles. The SMILES string of the molecule is C[C@H](N)C(=O)N[C@H](CCC(=O)NC(N)(CCCCC(=O)O)C(=O)O)C(=O)O. The average molecular weight is 390 g/mol. The lowest BCUT2D eigenvalue weighted by molar-refractivity contribution is -0.148. The fourth-order valence-corrected chi connectivity index (χ4v) is 2.05. The second-order valence-electron chi connectivity index (χ2n) is 6.15. The summed E-state index contributed by atoms with van der Waals surface area (Å²) in [4.78, 5) is 56.4. The minimum Gasteiger partial charge on any atom is -0.481 e. The van der Waals surface area contributed by atoms with Crippen LogP contribution in [0.5, 0.6) is 0 Å². The van der Waals surface area contributed by atoms with Gasteiger partial charge in [0.1, 0.15) is 6.04 Å². The van der Waals surface area contributed by atoms with Crippen molar-refractivity contribution in [3.63, 3.8) is 0 Å². The first kappa shape index (κ1) is 24.3. The third kappa shape index (κ3) is 9.51. The predicted molar refractivity (Wildman–Crippen MR) is 91.3 cm³/mol. The lowest BCUT2D eigenvalue weighted by atomic mass is 10.0. The number of hydrogen-bond donors (Lipinski definition) is 7. The number of carboxylic acid groups (broad SMARTS) is 3. The fraction of sp³-hybridized carbons (Fsp3) is 0.667. The van der Waals surface area contributed by atoms with E-state index in [1.54, 1.807) is 0 Å². The molecule has 1 unspecified atom stereocenters. The molecule has 2 amide bonds. The molecular weight excluding hydrogens is 364 g/mol. The molecule has 0 aromatic carbocycles. The van der Waals surface area contributed by atoms with Crippen molar-refractivity contribution in [3.05, 3.63) is 0 Å². The summed E-state index contributed by atoms with van der Waals surface area (Å²) in [6.07, 6.45) is -0.736. The molecule has 9 N–H and O–H groups in total. The van der Waals surface area contributed by atoms with E-state index in [1.807, 2.05) is 0 Å². The quantitative estimate of drug-likeness (QED) is 0.138. The highest BCUT2D eigenvalue weighted by molar-refractivity contribution is 5.88. The zero-order chi connectivity index (χ0) is 21.2. The first-order valence-electron chi connectivity index (χ1n) is 8.23. The zero-order valence-electron chi connectivity index (χ0n) is 14.9. The van der Waals surface area contributed by atoms with Crippen LogP contribution in [0.15, 0.2) is 0 Å². The van der Waals surface area contributed by atoms with Gasteiger partial charge in [-0.3, -0.25) is 20.1 Å². The van der Waals surface area contributed by atoms with Gasteiger partial charge in [-0.05, 0) is 32.6 Å². The third-order valence-corrected chi connectivity index (χ3v) is 3.64. The highest BCUT2D eigenvalue weighted by Gasteiger charge is 2.35. The molecule has 0 heterocycles. The number of rotatable bonds is 13. The number of amides is 2. The first-order valence-corrected chi connectivity index (χ1v) is 8.23. The molecule has 3 atom stereocenters. The summed E-state index contributed by atoms with van der Waals surface area (Å²) in [6, 6.07) is -2.31. The maximum absolute atomic E-state index is 12.0. The van der Waals surface area contributed by atoms with Gasteiger partial charge in [-0.1, -0.05) is 0 Å². The maximum atomic E-state index is 12.0. The van der Waals surface area contributed by atoms with Crippen LogP contribution in [0.25, 0.3) is 0 Å². The van der Waals surface area contributed by atoms with Crippen molar-refractivity contribution in [2.75, 3.05) is 0 Å². The van der Waals surface area contributed by atoms with Gasteiger partial charge in [-0.25, -0.2) is 9.59 Å². The van der Waals surface area contributed by atoms with E-state index in [0.717, 1.165) is 0 Å². The van der Waals surface area contributed by atoms with Crippen LogP contribution in [0.3, 0.4) is 0 Å². The van der Waals surface area contributed by atoms with Gasteiger partial charge in [0.2, 0.25) is 11.8 Å². The lowest BCUT2D eigenvalue weighted by Gasteiger charge is -2.26. The van der Waals surface area contributed by atoms with E-state index in [1.165, 1.54) is 6.92 Å². The van der Waals surface area contributed by atoms with Crippen LogP contribution >= 0.6 is 0 Å². The number of hydrogen-bond acceptors (Lipinski definition) is 7. The summed E-state index contributed by atoms with van der Waals surface area (Å²) in [5, 5.41) is 31.1. The first-order chi connectivity index (χ1) is 12.4. The largest absolute Gasteiger partial charge is 0.481 e. The number of carbonyl (C=O) groups excluding carboxylic acids is 2. The Balaban J connectivity index is 4.70.